The maximum Gasteiger partial charge on any atom is 0.261 e. The van der Waals surface area contributed by atoms with Crippen LogP contribution < -0.4 is 10.1 Å². The van der Waals surface area contributed by atoms with Gasteiger partial charge in [-0.2, -0.15) is 0 Å². The molecule has 0 bridgehead atoms. The summed E-state index contributed by atoms with van der Waals surface area (Å²) in [5.41, 5.74) is 0.0609. The lowest BCUT2D eigenvalue weighted by atomic mass is 9.83. The smallest absolute Gasteiger partial charge is 0.261 e. The SMILES string of the molecule is C[C@@]1(CNC(=O)C2CC(=O)c3cc(F)ccc3O2)C=CC=CC1. The highest BCUT2D eigenvalue weighted by Crippen LogP contribution is 2.29. The molecule has 0 aromatic heterocycles. The van der Waals surface area contributed by atoms with Crippen molar-refractivity contribution in [2.24, 2.45) is 5.41 Å². The van der Waals surface area contributed by atoms with Crippen molar-refractivity contribution in [3.8, 4) is 5.75 Å². The molecule has 1 aromatic carbocycles. The fourth-order valence-electron chi connectivity index (χ4n) is 2.75. The van der Waals surface area contributed by atoms with Crippen LogP contribution in [0.3, 0.4) is 0 Å². The van der Waals surface area contributed by atoms with Gasteiger partial charge in [0.15, 0.2) is 11.9 Å². The second-order valence-corrected chi connectivity index (χ2v) is 6.24. The minimum absolute atomic E-state index is 0.0747. The van der Waals surface area contributed by atoms with Crippen molar-refractivity contribution >= 4 is 11.7 Å². The van der Waals surface area contributed by atoms with Crippen LogP contribution in [0.1, 0.15) is 30.1 Å². The molecule has 5 heteroatoms. The largest absolute Gasteiger partial charge is 0.479 e. The molecule has 2 aliphatic rings. The molecule has 3 rings (SSSR count). The number of ketones is 1. The standard InChI is InChI=1S/C18H18FNO3/c1-18(7-3-2-4-8-18)11-20-17(22)16-10-14(21)13-9-12(19)5-6-15(13)23-16/h2-7,9,16H,8,10-11H2,1H3,(H,20,22)/t16?,18-/m1/s1. The molecule has 120 valence electrons. The molecular weight excluding hydrogens is 297 g/mol. The Morgan fingerprint density at radius 2 is 2.26 bits per heavy atom. The number of benzene rings is 1. The number of Topliss-reactive ketones (excluding diaryl/α,β-unsaturated/α-hetero) is 1. The highest BCUT2D eigenvalue weighted by atomic mass is 19.1. The van der Waals surface area contributed by atoms with Crippen LogP contribution in [0, 0.1) is 11.2 Å². The van der Waals surface area contributed by atoms with Crippen LogP contribution in [0.4, 0.5) is 4.39 Å². The Kier molecular flexibility index (Phi) is 4.03. The number of allylic oxidation sites excluding steroid dienone is 3. The zero-order valence-electron chi connectivity index (χ0n) is 12.8. The summed E-state index contributed by atoms with van der Waals surface area (Å²) >= 11 is 0. The number of rotatable bonds is 3. The van der Waals surface area contributed by atoms with Gasteiger partial charge in [0.25, 0.3) is 5.91 Å². The Morgan fingerprint density at radius 1 is 1.43 bits per heavy atom. The number of hydrogen-bond acceptors (Lipinski definition) is 3. The molecule has 4 nitrogen and oxygen atoms in total. The number of ether oxygens (including phenoxy) is 1. The monoisotopic (exact) mass is 315 g/mol. The summed E-state index contributed by atoms with van der Waals surface area (Å²) in [6.45, 7) is 2.52. The van der Waals surface area contributed by atoms with Gasteiger partial charge in [-0.15, -0.1) is 0 Å². The quantitative estimate of drug-likeness (QED) is 0.933. The van der Waals surface area contributed by atoms with Crippen LogP contribution in [-0.4, -0.2) is 24.3 Å². The number of nitrogens with one attached hydrogen (secondary N) is 1. The van der Waals surface area contributed by atoms with E-state index in [-0.39, 0.29) is 34.8 Å². The number of amides is 1. The molecule has 2 atom stereocenters. The second-order valence-electron chi connectivity index (χ2n) is 6.24. The molecule has 1 aliphatic heterocycles. The number of halogens is 1. The first-order valence-corrected chi connectivity index (χ1v) is 7.58. The highest BCUT2D eigenvalue weighted by Gasteiger charge is 2.32. The summed E-state index contributed by atoms with van der Waals surface area (Å²) in [4.78, 5) is 24.4. The summed E-state index contributed by atoms with van der Waals surface area (Å²) in [7, 11) is 0. The molecule has 1 aromatic rings. The third-order valence-corrected chi connectivity index (χ3v) is 4.17. The average molecular weight is 315 g/mol. The molecule has 0 saturated carbocycles. The van der Waals surface area contributed by atoms with Crippen molar-refractivity contribution in [3.05, 3.63) is 53.9 Å². The zero-order valence-corrected chi connectivity index (χ0v) is 12.8. The summed E-state index contributed by atoms with van der Waals surface area (Å²) in [6, 6.07) is 3.75. The zero-order chi connectivity index (χ0) is 16.4. The van der Waals surface area contributed by atoms with Crippen LogP contribution in [0.15, 0.2) is 42.5 Å². The second kappa shape index (κ2) is 5.99. The third kappa shape index (κ3) is 3.33. The van der Waals surface area contributed by atoms with Crippen molar-refractivity contribution in [3.63, 3.8) is 0 Å². The van der Waals surface area contributed by atoms with Crippen LogP contribution in [0.25, 0.3) is 0 Å². The van der Waals surface area contributed by atoms with Gasteiger partial charge in [0, 0.05) is 12.0 Å². The molecule has 1 unspecified atom stereocenters. The van der Waals surface area contributed by atoms with E-state index in [1.165, 1.54) is 12.1 Å². The fraction of sp³-hybridized carbons (Fsp3) is 0.333. The van der Waals surface area contributed by atoms with E-state index in [0.717, 1.165) is 12.5 Å². The average Bonchev–Trinajstić information content (AvgIpc) is 2.54. The first kappa shape index (κ1) is 15.5. The first-order valence-electron chi connectivity index (χ1n) is 7.58. The number of carbonyl (C=O) groups excluding carboxylic acids is 2. The van der Waals surface area contributed by atoms with Gasteiger partial charge in [-0.1, -0.05) is 31.2 Å². The van der Waals surface area contributed by atoms with Gasteiger partial charge in [-0.05, 0) is 24.6 Å². The Morgan fingerprint density at radius 3 is 3.00 bits per heavy atom. The summed E-state index contributed by atoms with van der Waals surface area (Å²) < 4.78 is 18.8. The predicted molar refractivity (Wildman–Crippen MR) is 83.8 cm³/mol. The number of fused-ring (bicyclic) bond motifs is 1. The number of hydrogen-bond donors (Lipinski definition) is 1. The van der Waals surface area contributed by atoms with Crippen molar-refractivity contribution in [2.75, 3.05) is 6.54 Å². The molecular formula is C18H18FNO3. The van der Waals surface area contributed by atoms with Gasteiger partial charge in [0.2, 0.25) is 0 Å². The lowest BCUT2D eigenvalue weighted by molar-refractivity contribution is -0.128. The maximum absolute atomic E-state index is 13.2. The molecule has 1 aliphatic carbocycles. The minimum atomic E-state index is -0.868. The normalized spacial score (nSPS) is 25.7. The topological polar surface area (TPSA) is 55.4 Å². The number of carbonyl (C=O) groups is 2. The van der Waals surface area contributed by atoms with Gasteiger partial charge in [-0.3, -0.25) is 9.59 Å². The van der Waals surface area contributed by atoms with E-state index >= 15 is 0 Å². The van der Waals surface area contributed by atoms with Crippen molar-refractivity contribution in [2.45, 2.75) is 25.9 Å². The molecule has 23 heavy (non-hydrogen) atoms. The van der Waals surface area contributed by atoms with Crippen molar-refractivity contribution in [1.82, 2.24) is 5.32 Å². The molecule has 1 heterocycles. The van der Waals surface area contributed by atoms with E-state index in [2.05, 4.69) is 24.4 Å². The Hall–Kier alpha value is -2.43. The van der Waals surface area contributed by atoms with Crippen LogP contribution in [0.2, 0.25) is 0 Å². The summed E-state index contributed by atoms with van der Waals surface area (Å²) in [5.74, 6) is -0.835. The van der Waals surface area contributed by atoms with Crippen molar-refractivity contribution < 1.29 is 18.7 Å². The minimum Gasteiger partial charge on any atom is -0.479 e. The molecule has 0 saturated heterocycles. The highest BCUT2D eigenvalue weighted by molar-refractivity contribution is 6.03. The molecule has 1 amide bonds. The Balaban J connectivity index is 1.65. The lowest BCUT2D eigenvalue weighted by Crippen LogP contribution is -2.45. The lowest BCUT2D eigenvalue weighted by Gasteiger charge is -2.29. The van der Waals surface area contributed by atoms with Crippen LogP contribution >= 0.6 is 0 Å². The molecule has 0 fully saturated rings. The van der Waals surface area contributed by atoms with Gasteiger partial charge in [-0.25, -0.2) is 4.39 Å². The molecule has 0 radical (unpaired) electrons. The van der Waals surface area contributed by atoms with E-state index in [0.29, 0.717) is 6.54 Å². The van der Waals surface area contributed by atoms with Gasteiger partial charge in [0.05, 0.1) is 12.0 Å². The Labute approximate surface area is 134 Å². The van der Waals surface area contributed by atoms with Crippen molar-refractivity contribution in [1.29, 1.82) is 0 Å². The fourth-order valence-corrected chi connectivity index (χ4v) is 2.75. The van der Waals surface area contributed by atoms with E-state index in [1.807, 2.05) is 12.2 Å². The predicted octanol–water partition coefficient (Wildman–Crippen LogP) is 2.80. The van der Waals surface area contributed by atoms with Gasteiger partial charge in [0.1, 0.15) is 11.6 Å². The summed E-state index contributed by atoms with van der Waals surface area (Å²) in [5, 5.41) is 2.85. The van der Waals surface area contributed by atoms with E-state index in [1.54, 1.807) is 0 Å². The molecule has 0 spiro atoms. The summed E-state index contributed by atoms with van der Waals surface area (Å²) in [6.07, 6.45) is 7.94. The first-order chi connectivity index (χ1) is 11.0. The Bertz CT molecular complexity index is 710. The third-order valence-electron chi connectivity index (χ3n) is 4.17. The molecule has 1 N–H and O–H groups in total. The van der Waals surface area contributed by atoms with E-state index in [4.69, 9.17) is 4.74 Å². The van der Waals surface area contributed by atoms with Gasteiger partial charge >= 0.3 is 0 Å². The van der Waals surface area contributed by atoms with Crippen LogP contribution in [0.5, 0.6) is 5.75 Å². The van der Waals surface area contributed by atoms with E-state index < -0.39 is 11.9 Å². The van der Waals surface area contributed by atoms with Crippen LogP contribution in [-0.2, 0) is 4.79 Å². The maximum atomic E-state index is 13.2. The van der Waals surface area contributed by atoms with E-state index in [9.17, 15) is 14.0 Å². The van der Waals surface area contributed by atoms with Gasteiger partial charge < -0.3 is 10.1 Å².